The lowest BCUT2D eigenvalue weighted by atomic mass is 9.94. The van der Waals surface area contributed by atoms with Gasteiger partial charge in [-0.1, -0.05) is 50.6 Å². The number of unbranched alkanes of at least 4 members (excludes halogenated alkanes) is 1. The van der Waals surface area contributed by atoms with E-state index in [2.05, 4.69) is 20.6 Å². The molecule has 0 saturated heterocycles. The van der Waals surface area contributed by atoms with E-state index in [0.717, 1.165) is 5.57 Å². The van der Waals surface area contributed by atoms with Crippen molar-refractivity contribution in [3.63, 3.8) is 0 Å². The summed E-state index contributed by atoms with van der Waals surface area (Å²) in [6.07, 6.45) is 7.73. The SMILES string of the molecule is CC1=CC(O)CC(F)Cc2ncc([nH]2)C(=O)NC(CCCCN)C(=O)OC(C(C)C)C(C)/C=C/C(=O)NCC=C1. The highest BCUT2D eigenvalue weighted by atomic mass is 19.1. The number of halogens is 1. The molecule has 1 aliphatic rings. The van der Waals surface area contributed by atoms with Crippen molar-refractivity contribution in [1.29, 1.82) is 0 Å². The number of nitrogens with one attached hydrogen (secondary N) is 3. The van der Waals surface area contributed by atoms with Crippen molar-refractivity contribution in [2.75, 3.05) is 13.1 Å². The zero-order valence-corrected chi connectivity index (χ0v) is 23.9. The third-order valence-electron chi connectivity index (χ3n) is 6.53. The van der Waals surface area contributed by atoms with Gasteiger partial charge in [-0.25, -0.2) is 14.2 Å². The van der Waals surface area contributed by atoms with E-state index in [1.54, 1.807) is 25.2 Å². The average Bonchev–Trinajstić information content (AvgIpc) is 3.35. The molecule has 2 amide bonds. The van der Waals surface area contributed by atoms with Gasteiger partial charge in [-0.2, -0.15) is 0 Å². The fraction of sp³-hybridized carbons (Fsp3) is 0.586. The van der Waals surface area contributed by atoms with Gasteiger partial charge in [-0.15, -0.1) is 0 Å². The minimum Gasteiger partial charge on any atom is -0.460 e. The first-order valence-electron chi connectivity index (χ1n) is 13.9. The second kappa shape index (κ2) is 16.7. The van der Waals surface area contributed by atoms with Crippen LogP contribution in [0.3, 0.4) is 0 Å². The zero-order chi connectivity index (χ0) is 29.7. The molecule has 5 atom stereocenters. The normalized spacial score (nSPS) is 26.9. The number of H-pyrrole nitrogens is 1. The average molecular weight is 562 g/mol. The minimum atomic E-state index is -1.41. The Morgan fingerprint density at radius 2 is 1.98 bits per heavy atom. The van der Waals surface area contributed by atoms with Crippen molar-refractivity contribution in [3.8, 4) is 0 Å². The molecule has 2 heterocycles. The topological polar surface area (TPSA) is 159 Å². The van der Waals surface area contributed by atoms with Gasteiger partial charge in [0.1, 0.15) is 29.8 Å². The fourth-order valence-electron chi connectivity index (χ4n) is 4.42. The number of fused-ring (bicyclic) bond motifs is 2. The van der Waals surface area contributed by atoms with Gasteiger partial charge in [-0.3, -0.25) is 9.59 Å². The maximum Gasteiger partial charge on any atom is 0.328 e. The van der Waals surface area contributed by atoms with Crippen LogP contribution in [0.2, 0.25) is 0 Å². The number of aliphatic hydroxyl groups is 1. The molecule has 11 heteroatoms. The summed E-state index contributed by atoms with van der Waals surface area (Å²) < 4.78 is 20.5. The monoisotopic (exact) mass is 561 g/mol. The molecule has 0 fully saturated rings. The summed E-state index contributed by atoms with van der Waals surface area (Å²) in [5.41, 5.74) is 6.42. The van der Waals surface area contributed by atoms with E-state index in [1.807, 2.05) is 20.8 Å². The van der Waals surface area contributed by atoms with Crippen LogP contribution in [0.15, 0.2) is 42.2 Å². The smallest absolute Gasteiger partial charge is 0.328 e. The maximum absolute atomic E-state index is 14.7. The lowest BCUT2D eigenvalue weighted by molar-refractivity contribution is -0.155. The molecule has 2 bridgehead atoms. The van der Waals surface area contributed by atoms with Crippen LogP contribution >= 0.6 is 0 Å². The van der Waals surface area contributed by atoms with Crippen molar-refractivity contribution < 1.29 is 28.6 Å². The van der Waals surface area contributed by atoms with Gasteiger partial charge < -0.3 is 31.2 Å². The molecule has 222 valence electrons. The minimum absolute atomic E-state index is 0.0570. The summed E-state index contributed by atoms with van der Waals surface area (Å²) in [6, 6.07) is -0.931. The number of nitrogens with zero attached hydrogens (tertiary/aromatic N) is 1. The van der Waals surface area contributed by atoms with Crippen molar-refractivity contribution >= 4 is 17.8 Å². The van der Waals surface area contributed by atoms with Gasteiger partial charge in [0.25, 0.3) is 5.91 Å². The molecule has 1 aromatic rings. The zero-order valence-electron chi connectivity index (χ0n) is 23.9. The van der Waals surface area contributed by atoms with E-state index in [-0.39, 0.29) is 48.6 Å². The highest BCUT2D eigenvalue weighted by molar-refractivity contribution is 5.95. The number of hydrogen-bond donors (Lipinski definition) is 5. The van der Waals surface area contributed by atoms with Crippen molar-refractivity contribution in [2.24, 2.45) is 17.6 Å². The number of cyclic esters (lactones) is 1. The van der Waals surface area contributed by atoms with Gasteiger partial charge in [0.05, 0.1) is 12.3 Å². The summed E-state index contributed by atoms with van der Waals surface area (Å²) >= 11 is 0. The van der Waals surface area contributed by atoms with E-state index in [1.165, 1.54) is 18.3 Å². The summed E-state index contributed by atoms with van der Waals surface area (Å²) in [6.45, 7) is 8.17. The Morgan fingerprint density at radius 1 is 1.23 bits per heavy atom. The van der Waals surface area contributed by atoms with Crippen molar-refractivity contribution in [1.82, 2.24) is 20.6 Å². The van der Waals surface area contributed by atoms with Crippen molar-refractivity contribution in [2.45, 2.75) is 84.2 Å². The van der Waals surface area contributed by atoms with Crippen LogP contribution in [-0.4, -0.2) is 70.4 Å². The van der Waals surface area contributed by atoms with E-state index >= 15 is 0 Å². The van der Waals surface area contributed by atoms with Crippen LogP contribution in [0.1, 0.15) is 69.7 Å². The number of nitrogens with two attached hydrogens (primary N) is 1. The standard InChI is InChI=1S/C29H44FN5O5/c1-18(2)27-20(4)10-11-26(37)32-13-7-8-19(3)14-22(36)15-21(30)16-25-33-17-24(34-25)28(38)35-23(29(39)40-27)9-5-6-12-31/h7-8,10-11,14,17-18,20-23,27,36H,5-6,9,12-13,15-16,31H2,1-4H3,(H,32,37)(H,33,34)(H,35,38)/b8-7?,11-10+,19-14?. The molecule has 1 aromatic heterocycles. The number of carbonyl (C=O) groups is 3. The highest BCUT2D eigenvalue weighted by Crippen LogP contribution is 2.20. The number of ether oxygens (including phenoxy) is 1. The van der Waals surface area contributed by atoms with Gasteiger partial charge in [0.2, 0.25) is 5.91 Å². The summed E-state index contributed by atoms with van der Waals surface area (Å²) in [5.74, 6) is -1.55. The predicted octanol–water partition coefficient (Wildman–Crippen LogP) is 2.66. The van der Waals surface area contributed by atoms with Gasteiger partial charge >= 0.3 is 5.97 Å². The molecule has 0 saturated carbocycles. The largest absolute Gasteiger partial charge is 0.460 e. The molecule has 2 rings (SSSR count). The van der Waals surface area contributed by atoms with Crippen LogP contribution in [0.25, 0.3) is 0 Å². The number of amides is 2. The molecule has 1 aliphatic heterocycles. The summed E-state index contributed by atoms with van der Waals surface area (Å²) in [7, 11) is 0. The van der Waals surface area contributed by atoms with Crippen LogP contribution < -0.4 is 16.4 Å². The predicted molar refractivity (Wildman–Crippen MR) is 151 cm³/mol. The lowest BCUT2D eigenvalue weighted by Gasteiger charge is -2.28. The second-order valence-electron chi connectivity index (χ2n) is 10.6. The quantitative estimate of drug-likeness (QED) is 0.273. The first kappa shape index (κ1) is 32.9. The number of esters is 1. The fourth-order valence-corrected chi connectivity index (χ4v) is 4.42. The third-order valence-corrected chi connectivity index (χ3v) is 6.53. The van der Waals surface area contributed by atoms with Crippen LogP contribution in [0.5, 0.6) is 0 Å². The molecule has 0 radical (unpaired) electrons. The van der Waals surface area contributed by atoms with Crippen LogP contribution in [0, 0.1) is 11.8 Å². The number of hydrogen-bond acceptors (Lipinski definition) is 7. The Balaban J connectivity index is 2.32. The van der Waals surface area contributed by atoms with Gasteiger partial charge in [0, 0.05) is 25.3 Å². The molecular formula is C29H44FN5O5. The lowest BCUT2D eigenvalue weighted by Crippen LogP contribution is -2.44. The van der Waals surface area contributed by atoms with Crippen molar-refractivity contribution in [3.05, 3.63) is 53.7 Å². The van der Waals surface area contributed by atoms with Crippen LogP contribution in [0.4, 0.5) is 4.39 Å². The van der Waals surface area contributed by atoms with E-state index in [4.69, 9.17) is 10.5 Å². The first-order chi connectivity index (χ1) is 19.0. The van der Waals surface area contributed by atoms with E-state index < -0.39 is 36.3 Å². The molecule has 40 heavy (non-hydrogen) atoms. The van der Waals surface area contributed by atoms with E-state index in [9.17, 15) is 23.9 Å². The number of aromatic nitrogens is 2. The van der Waals surface area contributed by atoms with Crippen LogP contribution in [-0.2, 0) is 20.7 Å². The number of aliphatic hydroxyl groups excluding tert-OH is 1. The molecule has 0 spiro atoms. The molecule has 6 N–H and O–H groups in total. The molecule has 0 aromatic carbocycles. The third kappa shape index (κ3) is 11.4. The van der Waals surface area contributed by atoms with E-state index in [0.29, 0.717) is 25.8 Å². The Morgan fingerprint density at radius 3 is 2.67 bits per heavy atom. The maximum atomic E-state index is 14.7. The highest BCUT2D eigenvalue weighted by Gasteiger charge is 2.29. The number of rotatable bonds is 5. The molecule has 5 unspecified atom stereocenters. The number of alkyl halides is 1. The molecule has 10 nitrogen and oxygen atoms in total. The first-order valence-corrected chi connectivity index (χ1v) is 13.9. The number of allylic oxidation sites excluding steroid dienone is 2. The number of imidazole rings is 1. The Hall–Kier alpha value is -3.31. The molecular weight excluding hydrogens is 517 g/mol. The summed E-state index contributed by atoms with van der Waals surface area (Å²) in [5, 5.41) is 15.7. The summed E-state index contributed by atoms with van der Waals surface area (Å²) in [4.78, 5) is 45.4. The second-order valence-corrected chi connectivity index (χ2v) is 10.6. The van der Waals surface area contributed by atoms with Gasteiger partial charge in [0.15, 0.2) is 0 Å². The molecule has 0 aliphatic carbocycles. The number of carbonyl (C=O) groups excluding carboxylic acids is 3. The number of aromatic amines is 1. The Labute approximate surface area is 235 Å². The Kier molecular flexibility index (Phi) is 13.7. The van der Waals surface area contributed by atoms with Gasteiger partial charge in [-0.05, 0) is 44.7 Å². The Bertz CT molecular complexity index is 1070.